The first kappa shape index (κ1) is 13.6. The Kier molecular flexibility index (Phi) is 4.84. The van der Waals surface area contributed by atoms with Crippen LogP contribution in [0.5, 0.6) is 0 Å². The first-order valence-electron chi connectivity index (χ1n) is 5.97. The molecule has 0 bridgehead atoms. The lowest BCUT2D eigenvalue weighted by Gasteiger charge is -2.13. The number of rotatable bonds is 5. The van der Waals surface area contributed by atoms with Crippen LogP contribution in [0.25, 0.3) is 0 Å². The largest absolute Gasteiger partial charge is 0.276 e. The van der Waals surface area contributed by atoms with Gasteiger partial charge < -0.3 is 0 Å². The molecule has 0 aliphatic rings. The molecule has 96 valence electrons. The highest BCUT2D eigenvalue weighted by Crippen LogP contribution is 2.21. The van der Waals surface area contributed by atoms with Crippen LogP contribution in [0.2, 0.25) is 5.02 Å². The van der Waals surface area contributed by atoms with Gasteiger partial charge in [-0.25, -0.2) is 0 Å². The average Bonchev–Trinajstić information content (AvgIpc) is 2.76. The lowest BCUT2D eigenvalue weighted by Crippen LogP contribution is -2.11. The van der Waals surface area contributed by atoms with Crippen LogP contribution in [0, 0.1) is 5.92 Å². The summed E-state index contributed by atoms with van der Waals surface area (Å²) in [5.74, 6) is 0.514. The van der Waals surface area contributed by atoms with Crippen molar-refractivity contribution < 1.29 is 0 Å². The zero-order chi connectivity index (χ0) is 13.0. The summed E-state index contributed by atoms with van der Waals surface area (Å²) in [4.78, 5) is 0. The summed E-state index contributed by atoms with van der Waals surface area (Å²) in [6.45, 7) is 0. The second-order valence-electron chi connectivity index (χ2n) is 4.50. The Morgan fingerprint density at radius 2 is 2.06 bits per heavy atom. The van der Waals surface area contributed by atoms with Crippen molar-refractivity contribution in [2.24, 2.45) is 13.0 Å². The topological polar surface area (TPSA) is 17.8 Å². The fourth-order valence-electron chi connectivity index (χ4n) is 2.02. The molecule has 0 saturated heterocycles. The minimum atomic E-state index is 0.514. The maximum Gasteiger partial charge on any atom is 0.0627 e. The second kappa shape index (κ2) is 6.39. The molecule has 0 amide bonds. The normalized spacial score (nSPS) is 12.6. The zero-order valence-electron chi connectivity index (χ0n) is 10.3. The molecule has 1 aromatic heterocycles. The molecule has 0 radical (unpaired) electrons. The van der Waals surface area contributed by atoms with Gasteiger partial charge in [-0.05, 0) is 36.5 Å². The van der Waals surface area contributed by atoms with E-state index in [1.165, 1.54) is 5.56 Å². The molecule has 1 unspecified atom stereocenters. The highest BCUT2D eigenvalue weighted by molar-refractivity contribution is 9.09. The molecule has 4 heteroatoms. The molecule has 0 fully saturated rings. The highest BCUT2D eigenvalue weighted by Gasteiger charge is 2.12. The molecule has 0 saturated carbocycles. The van der Waals surface area contributed by atoms with Gasteiger partial charge in [0, 0.05) is 23.6 Å². The lowest BCUT2D eigenvalue weighted by molar-refractivity contribution is 0.574. The van der Waals surface area contributed by atoms with E-state index in [4.69, 9.17) is 11.6 Å². The zero-order valence-corrected chi connectivity index (χ0v) is 12.7. The maximum absolute atomic E-state index is 6.20. The van der Waals surface area contributed by atoms with Gasteiger partial charge in [0.15, 0.2) is 0 Å². The lowest BCUT2D eigenvalue weighted by atomic mass is 9.96. The Morgan fingerprint density at radius 3 is 2.67 bits per heavy atom. The Morgan fingerprint density at radius 1 is 1.28 bits per heavy atom. The third-order valence-electron chi connectivity index (χ3n) is 2.95. The van der Waals surface area contributed by atoms with E-state index >= 15 is 0 Å². The van der Waals surface area contributed by atoms with Gasteiger partial charge in [0.05, 0.1) is 5.69 Å². The fourth-order valence-corrected chi connectivity index (χ4v) is 2.69. The molecular formula is C14H16BrClN2. The van der Waals surface area contributed by atoms with E-state index in [9.17, 15) is 0 Å². The highest BCUT2D eigenvalue weighted by atomic mass is 79.9. The molecule has 2 nitrogen and oxygen atoms in total. The van der Waals surface area contributed by atoms with Gasteiger partial charge in [0.1, 0.15) is 0 Å². The Labute approximate surface area is 121 Å². The summed E-state index contributed by atoms with van der Waals surface area (Å²) in [5, 5.41) is 6.23. The molecule has 1 atom stereocenters. The van der Waals surface area contributed by atoms with Crippen molar-refractivity contribution in [3.63, 3.8) is 0 Å². The molecule has 1 aromatic carbocycles. The Hall–Kier alpha value is -0.800. The first-order chi connectivity index (χ1) is 8.69. The van der Waals surface area contributed by atoms with Gasteiger partial charge in [-0.3, -0.25) is 4.68 Å². The van der Waals surface area contributed by atoms with Crippen LogP contribution in [0.4, 0.5) is 0 Å². The smallest absolute Gasteiger partial charge is 0.0627 e. The van der Waals surface area contributed by atoms with Crippen molar-refractivity contribution >= 4 is 27.5 Å². The average molecular weight is 328 g/mol. The number of hydrogen-bond acceptors (Lipinski definition) is 1. The van der Waals surface area contributed by atoms with Crippen LogP contribution in [0.1, 0.15) is 11.3 Å². The Bertz CT molecular complexity index is 510. The molecule has 0 N–H and O–H groups in total. The third-order valence-corrected chi connectivity index (χ3v) is 4.24. The van der Waals surface area contributed by atoms with E-state index in [-0.39, 0.29) is 0 Å². The predicted octanol–water partition coefficient (Wildman–Crippen LogP) is 3.87. The van der Waals surface area contributed by atoms with Crippen molar-refractivity contribution in [3.05, 3.63) is 52.8 Å². The van der Waals surface area contributed by atoms with Gasteiger partial charge in [0.25, 0.3) is 0 Å². The number of halogens is 2. The van der Waals surface area contributed by atoms with Crippen molar-refractivity contribution in [2.75, 3.05) is 5.33 Å². The molecular weight excluding hydrogens is 312 g/mol. The van der Waals surface area contributed by atoms with Gasteiger partial charge >= 0.3 is 0 Å². The number of aryl methyl sites for hydroxylation is 1. The number of aromatic nitrogens is 2. The molecule has 0 aliphatic heterocycles. The van der Waals surface area contributed by atoms with Crippen molar-refractivity contribution in [1.29, 1.82) is 0 Å². The van der Waals surface area contributed by atoms with Crippen LogP contribution >= 0.6 is 27.5 Å². The van der Waals surface area contributed by atoms with Crippen LogP contribution < -0.4 is 0 Å². The Balaban J connectivity index is 2.04. The van der Waals surface area contributed by atoms with Gasteiger partial charge in [-0.15, -0.1) is 0 Å². The van der Waals surface area contributed by atoms with E-state index in [0.29, 0.717) is 5.92 Å². The summed E-state index contributed by atoms with van der Waals surface area (Å²) < 4.78 is 1.84. The minimum absolute atomic E-state index is 0.514. The second-order valence-corrected chi connectivity index (χ2v) is 5.56. The summed E-state index contributed by atoms with van der Waals surface area (Å²) in [6.07, 6.45) is 3.93. The van der Waals surface area contributed by atoms with Crippen molar-refractivity contribution in [2.45, 2.75) is 12.8 Å². The third kappa shape index (κ3) is 3.59. The summed E-state index contributed by atoms with van der Waals surface area (Å²) >= 11 is 9.78. The van der Waals surface area contributed by atoms with E-state index < -0.39 is 0 Å². The number of benzene rings is 1. The van der Waals surface area contributed by atoms with Crippen LogP contribution in [0.15, 0.2) is 36.5 Å². The van der Waals surface area contributed by atoms with Crippen LogP contribution in [-0.2, 0) is 19.9 Å². The maximum atomic E-state index is 6.20. The predicted molar refractivity (Wildman–Crippen MR) is 79.4 cm³/mol. The molecule has 0 spiro atoms. The van der Waals surface area contributed by atoms with E-state index in [2.05, 4.69) is 33.2 Å². The first-order valence-corrected chi connectivity index (χ1v) is 7.47. The fraction of sp³-hybridized carbons (Fsp3) is 0.357. The number of nitrogens with zero attached hydrogens (tertiary/aromatic N) is 2. The minimum Gasteiger partial charge on any atom is -0.276 e. The number of alkyl halides is 1. The number of hydrogen-bond donors (Lipinski definition) is 0. The van der Waals surface area contributed by atoms with Gasteiger partial charge in [0.2, 0.25) is 0 Å². The quantitative estimate of drug-likeness (QED) is 0.762. The molecule has 2 aromatic rings. The SMILES string of the molecule is Cn1ccc(CC(CBr)Cc2ccccc2Cl)n1. The monoisotopic (exact) mass is 326 g/mol. The van der Waals surface area contributed by atoms with E-state index in [1.807, 2.05) is 36.1 Å². The summed E-state index contributed by atoms with van der Waals surface area (Å²) in [5.41, 5.74) is 2.34. The molecule has 18 heavy (non-hydrogen) atoms. The summed E-state index contributed by atoms with van der Waals surface area (Å²) in [6, 6.07) is 10.1. The standard InChI is InChI=1S/C14H16BrClN2/c1-18-7-6-13(17-18)9-11(10-15)8-12-4-2-3-5-14(12)16/h2-7,11H,8-10H2,1H3. The molecule has 1 heterocycles. The van der Waals surface area contributed by atoms with Crippen LogP contribution in [0.3, 0.4) is 0 Å². The van der Waals surface area contributed by atoms with Gasteiger partial charge in [-0.1, -0.05) is 45.7 Å². The van der Waals surface area contributed by atoms with E-state index in [0.717, 1.165) is 28.9 Å². The van der Waals surface area contributed by atoms with Crippen molar-refractivity contribution in [3.8, 4) is 0 Å². The molecule has 2 rings (SSSR count). The van der Waals surface area contributed by atoms with Crippen LogP contribution in [-0.4, -0.2) is 15.1 Å². The van der Waals surface area contributed by atoms with E-state index in [1.54, 1.807) is 0 Å². The van der Waals surface area contributed by atoms with Gasteiger partial charge in [-0.2, -0.15) is 5.10 Å². The summed E-state index contributed by atoms with van der Waals surface area (Å²) in [7, 11) is 1.95. The molecule has 0 aliphatic carbocycles. The van der Waals surface area contributed by atoms with Crippen molar-refractivity contribution in [1.82, 2.24) is 9.78 Å².